The minimum Gasteiger partial charge on any atom is -0.303 e. The zero-order valence-electron chi connectivity index (χ0n) is 11.6. The smallest absolute Gasteiger partial charge is 0.113 e. The summed E-state index contributed by atoms with van der Waals surface area (Å²) < 4.78 is 0. The lowest BCUT2D eigenvalue weighted by Gasteiger charge is -2.28. The fraction of sp³-hybridized carbons (Fsp3) is 0.786. The van der Waals surface area contributed by atoms with E-state index in [9.17, 15) is 0 Å². The quantitative estimate of drug-likeness (QED) is 0.881. The molecule has 1 aliphatic carbocycles. The van der Waals surface area contributed by atoms with E-state index in [-0.39, 0.29) is 11.0 Å². The Hall–Kier alpha value is -0.410. The summed E-state index contributed by atoms with van der Waals surface area (Å²) in [5, 5.41) is 7.21. The van der Waals surface area contributed by atoms with Crippen molar-refractivity contribution < 1.29 is 0 Å². The summed E-state index contributed by atoms with van der Waals surface area (Å²) in [6, 6.07) is 0.724. The molecule has 1 aliphatic rings. The van der Waals surface area contributed by atoms with Gasteiger partial charge in [0, 0.05) is 16.8 Å². The summed E-state index contributed by atoms with van der Waals surface area (Å²) in [7, 11) is 0. The van der Waals surface area contributed by atoms with Crippen LogP contribution in [0.25, 0.3) is 0 Å². The van der Waals surface area contributed by atoms with Crippen LogP contribution in [0.3, 0.4) is 0 Å². The zero-order valence-corrected chi connectivity index (χ0v) is 12.4. The van der Waals surface area contributed by atoms with Gasteiger partial charge in [-0.05, 0) is 26.2 Å². The molecule has 0 aliphatic heterocycles. The summed E-state index contributed by atoms with van der Waals surface area (Å²) >= 11 is 1.80. The molecule has 1 saturated carbocycles. The third-order valence-corrected chi connectivity index (χ3v) is 4.66. The number of aromatic nitrogens is 1. The molecule has 0 radical (unpaired) electrons. The Morgan fingerprint density at radius 3 is 2.41 bits per heavy atom. The second-order valence-corrected chi connectivity index (χ2v) is 7.25. The van der Waals surface area contributed by atoms with Crippen LogP contribution in [0.2, 0.25) is 0 Å². The van der Waals surface area contributed by atoms with Gasteiger partial charge in [-0.2, -0.15) is 0 Å². The van der Waals surface area contributed by atoms with Gasteiger partial charge in [0.25, 0.3) is 0 Å². The molecule has 3 heteroatoms. The molecular formula is C14H24N2S. The fourth-order valence-electron chi connectivity index (χ4n) is 1.86. The Morgan fingerprint density at radius 2 is 2.00 bits per heavy atom. The molecule has 1 heterocycles. The Kier molecular flexibility index (Phi) is 3.34. The van der Waals surface area contributed by atoms with E-state index in [1.807, 2.05) is 0 Å². The lowest BCUT2D eigenvalue weighted by molar-refractivity contribution is 0.346. The van der Waals surface area contributed by atoms with Gasteiger partial charge in [-0.1, -0.05) is 27.7 Å². The number of nitrogens with one attached hydrogen (secondary N) is 1. The van der Waals surface area contributed by atoms with Crippen molar-refractivity contribution in [2.45, 2.75) is 70.9 Å². The van der Waals surface area contributed by atoms with Crippen molar-refractivity contribution in [3.8, 4) is 0 Å². The first-order valence-electron chi connectivity index (χ1n) is 6.59. The molecule has 0 saturated heterocycles. The second-order valence-electron chi connectivity index (χ2n) is 6.39. The molecule has 1 aromatic rings. The van der Waals surface area contributed by atoms with Gasteiger partial charge < -0.3 is 5.32 Å². The van der Waals surface area contributed by atoms with Crippen LogP contribution in [0.5, 0.6) is 0 Å². The van der Waals surface area contributed by atoms with Crippen molar-refractivity contribution in [1.82, 2.24) is 10.3 Å². The van der Waals surface area contributed by atoms with E-state index in [1.165, 1.54) is 23.5 Å². The third-order valence-electron chi connectivity index (χ3n) is 3.55. The van der Waals surface area contributed by atoms with Crippen LogP contribution in [0, 0.1) is 0 Å². The molecule has 1 unspecified atom stereocenters. The average molecular weight is 252 g/mol. The van der Waals surface area contributed by atoms with E-state index < -0.39 is 0 Å². The first-order chi connectivity index (χ1) is 7.85. The summed E-state index contributed by atoms with van der Waals surface area (Å²) in [5.41, 5.74) is 1.44. The van der Waals surface area contributed by atoms with Crippen LogP contribution in [0.4, 0.5) is 0 Å². The van der Waals surface area contributed by atoms with E-state index in [4.69, 9.17) is 4.98 Å². The second kappa shape index (κ2) is 4.36. The van der Waals surface area contributed by atoms with Crippen LogP contribution in [0.1, 0.15) is 64.6 Å². The van der Waals surface area contributed by atoms with Crippen LogP contribution >= 0.6 is 11.3 Å². The van der Waals surface area contributed by atoms with Crippen molar-refractivity contribution in [1.29, 1.82) is 0 Å². The topological polar surface area (TPSA) is 24.9 Å². The number of rotatable bonds is 4. The fourth-order valence-corrected chi connectivity index (χ4v) is 3.11. The first kappa shape index (κ1) is 13.0. The van der Waals surface area contributed by atoms with E-state index in [0.29, 0.717) is 0 Å². The molecular weight excluding hydrogens is 228 g/mol. The van der Waals surface area contributed by atoms with Crippen LogP contribution in [-0.2, 0) is 11.0 Å². The maximum Gasteiger partial charge on any atom is 0.113 e. The SMILES string of the molecule is CCC(C)(NC1CC1)c1nc(C(C)(C)C)cs1. The number of hydrogen-bond donors (Lipinski definition) is 1. The van der Waals surface area contributed by atoms with E-state index in [0.717, 1.165) is 12.5 Å². The molecule has 1 aromatic heterocycles. The summed E-state index contributed by atoms with van der Waals surface area (Å²) in [4.78, 5) is 4.86. The molecule has 0 spiro atoms. The molecule has 2 rings (SSSR count). The summed E-state index contributed by atoms with van der Waals surface area (Å²) in [6.45, 7) is 11.2. The van der Waals surface area contributed by atoms with Crippen molar-refractivity contribution in [2.75, 3.05) is 0 Å². The minimum absolute atomic E-state index is 0.0648. The van der Waals surface area contributed by atoms with Crippen LogP contribution in [-0.4, -0.2) is 11.0 Å². The Balaban J connectivity index is 2.21. The Bertz CT molecular complexity index is 387. The lowest BCUT2D eigenvalue weighted by atomic mass is 9.93. The molecule has 0 amide bonds. The molecule has 1 N–H and O–H groups in total. The van der Waals surface area contributed by atoms with Crippen molar-refractivity contribution in [2.24, 2.45) is 0 Å². The number of thiazole rings is 1. The van der Waals surface area contributed by atoms with E-state index in [2.05, 4.69) is 45.3 Å². The minimum atomic E-state index is 0.0648. The first-order valence-corrected chi connectivity index (χ1v) is 7.47. The highest BCUT2D eigenvalue weighted by molar-refractivity contribution is 7.09. The standard InChI is InChI=1S/C14H24N2S/c1-6-14(5,16-10-7-8-10)12-15-11(9-17-12)13(2,3)4/h9-10,16H,6-8H2,1-5H3. The summed E-state index contributed by atoms with van der Waals surface area (Å²) in [5.74, 6) is 0. The number of nitrogens with zero attached hydrogens (tertiary/aromatic N) is 1. The normalized spacial score (nSPS) is 20.3. The van der Waals surface area contributed by atoms with Gasteiger partial charge in [-0.15, -0.1) is 11.3 Å². The lowest BCUT2D eigenvalue weighted by Crippen LogP contribution is -2.40. The highest BCUT2D eigenvalue weighted by Gasteiger charge is 2.35. The predicted molar refractivity (Wildman–Crippen MR) is 74.6 cm³/mol. The molecule has 17 heavy (non-hydrogen) atoms. The Morgan fingerprint density at radius 1 is 1.35 bits per heavy atom. The average Bonchev–Trinajstić information content (AvgIpc) is 2.88. The molecule has 0 bridgehead atoms. The van der Waals surface area contributed by atoms with Gasteiger partial charge in [0.1, 0.15) is 5.01 Å². The van der Waals surface area contributed by atoms with Crippen molar-refractivity contribution >= 4 is 11.3 Å². The van der Waals surface area contributed by atoms with Gasteiger partial charge in [0.15, 0.2) is 0 Å². The highest BCUT2D eigenvalue weighted by atomic mass is 32.1. The van der Waals surface area contributed by atoms with Crippen LogP contribution < -0.4 is 5.32 Å². The molecule has 2 nitrogen and oxygen atoms in total. The largest absolute Gasteiger partial charge is 0.303 e. The van der Waals surface area contributed by atoms with E-state index >= 15 is 0 Å². The maximum atomic E-state index is 4.86. The van der Waals surface area contributed by atoms with Gasteiger partial charge in [0.05, 0.1) is 11.2 Å². The Labute approximate surface area is 109 Å². The van der Waals surface area contributed by atoms with E-state index in [1.54, 1.807) is 11.3 Å². The van der Waals surface area contributed by atoms with Crippen LogP contribution in [0.15, 0.2) is 5.38 Å². The maximum absolute atomic E-state index is 4.86. The monoisotopic (exact) mass is 252 g/mol. The van der Waals surface area contributed by atoms with Crippen molar-refractivity contribution in [3.63, 3.8) is 0 Å². The molecule has 0 aromatic carbocycles. The molecule has 1 fully saturated rings. The van der Waals surface area contributed by atoms with Gasteiger partial charge in [0.2, 0.25) is 0 Å². The third kappa shape index (κ3) is 2.89. The predicted octanol–water partition coefficient (Wildman–Crippen LogP) is 3.82. The summed E-state index contributed by atoms with van der Waals surface area (Å²) in [6.07, 6.45) is 3.75. The van der Waals surface area contributed by atoms with Gasteiger partial charge in [-0.3, -0.25) is 0 Å². The van der Waals surface area contributed by atoms with Crippen molar-refractivity contribution in [3.05, 3.63) is 16.1 Å². The molecule has 1 atom stereocenters. The van der Waals surface area contributed by atoms with Gasteiger partial charge >= 0.3 is 0 Å². The zero-order chi connectivity index (χ0) is 12.7. The van der Waals surface area contributed by atoms with Gasteiger partial charge in [-0.25, -0.2) is 4.98 Å². The number of hydrogen-bond acceptors (Lipinski definition) is 3. The molecule has 96 valence electrons. The highest BCUT2D eigenvalue weighted by Crippen LogP contribution is 2.34.